The number of hydrogen-bond acceptors (Lipinski definition) is 2. The van der Waals surface area contributed by atoms with E-state index >= 15 is 0 Å². The molecule has 38 heavy (non-hydrogen) atoms. The van der Waals surface area contributed by atoms with Crippen molar-refractivity contribution in [3.63, 3.8) is 0 Å². The van der Waals surface area contributed by atoms with E-state index in [9.17, 15) is 31.1 Å². The Morgan fingerprint density at radius 2 is 1.71 bits per heavy atom. The van der Waals surface area contributed by atoms with E-state index in [1.54, 1.807) is 0 Å². The smallest absolute Gasteiger partial charge is 0.352 e. The van der Waals surface area contributed by atoms with Gasteiger partial charge >= 0.3 is 12.4 Å². The van der Waals surface area contributed by atoms with Gasteiger partial charge in [-0.1, -0.05) is 43.3 Å². The highest BCUT2D eigenvalue weighted by Crippen LogP contribution is 2.48. The topological polar surface area (TPSA) is 32.3 Å². The summed E-state index contributed by atoms with van der Waals surface area (Å²) in [7, 11) is 0. The highest BCUT2D eigenvalue weighted by Gasteiger charge is 2.45. The first-order chi connectivity index (χ1) is 17.9. The molecule has 204 valence electrons. The summed E-state index contributed by atoms with van der Waals surface area (Å²) in [6.45, 7) is 3.69. The van der Waals surface area contributed by atoms with E-state index in [-0.39, 0.29) is 41.5 Å². The Morgan fingerprint density at radius 3 is 2.37 bits per heavy atom. The van der Waals surface area contributed by atoms with Crippen LogP contribution >= 0.6 is 0 Å². The molecule has 1 spiro atoms. The fourth-order valence-electron chi connectivity index (χ4n) is 6.54. The van der Waals surface area contributed by atoms with Crippen molar-refractivity contribution in [2.24, 2.45) is 11.8 Å². The zero-order valence-electron chi connectivity index (χ0n) is 21.0. The van der Waals surface area contributed by atoms with Crippen molar-refractivity contribution in [2.45, 2.75) is 63.0 Å². The van der Waals surface area contributed by atoms with Crippen LogP contribution in [0.25, 0.3) is 6.08 Å². The SMILES string of the molecule is C[C@H]1CN(C2CCC(C(=O)NCc3cc(C(F)(F)F)cc(C(F)(F)F)c3)C2)CC[C@@]12C=Cc1ccccc12. The molecule has 0 radical (unpaired) electrons. The maximum absolute atomic E-state index is 13.1. The Hall–Kier alpha value is -2.81. The predicted octanol–water partition coefficient (Wildman–Crippen LogP) is 6.82. The first-order valence-corrected chi connectivity index (χ1v) is 13.0. The number of likely N-dealkylation sites (tertiary alicyclic amines) is 1. The van der Waals surface area contributed by atoms with Crippen LogP contribution in [0.3, 0.4) is 0 Å². The summed E-state index contributed by atoms with van der Waals surface area (Å²) >= 11 is 0. The van der Waals surface area contributed by atoms with Gasteiger partial charge < -0.3 is 10.2 Å². The van der Waals surface area contributed by atoms with E-state index in [2.05, 4.69) is 47.5 Å². The molecule has 1 amide bonds. The van der Waals surface area contributed by atoms with Crippen molar-refractivity contribution in [3.05, 3.63) is 76.4 Å². The summed E-state index contributed by atoms with van der Waals surface area (Å²) in [5, 5.41) is 2.58. The van der Waals surface area contributed by atoms with E-state index in [1.165, 1.54) is 11.1 Å². The van der Waals surface area contributed by atoms with Crippen LogP contribution in [0.2, 0.25) is 0 Å². The fourth-order valence-corrected chi connectivity index (χ4v) is 6.54. The number of nitrogens with zero attached hydrogens (tertiary/aromatic N) is 1. The minimum Gasteiger partial charge on any atom is -0.352 e. The van der Waals surface area contributed by atoms with Crippen LogP contribution < -0.4 is 5.32 Å². The van der Waals surface area contributed by atoms with Crippen LogP contribution in [0.15, 0.2) is 48.5 Å². The molecule has 2 fully saturated rings. The van der Waals surface area contributed by atoms with Crippen LogP contribution in [-0.2, 0) is 29.1 Å². The molecular formula is C29H30F6N2O. The third kappa shape index (κ3) is 5.09. The van der Waals surface area contributed by atoms with Gasteiger partial charge in [-0.05, 0) is 73.0 Å². The maximum atomic E-state index is 13.1. The molecule has 1 saturated heterocycles. The molecule has 1 N–H and O–H groups in total. The van der Waals surface area contributed by atoms with Crippen molar-refractivity contribution in [1.29, 1.82) is 0 Å². The largest absolute Gasteiger partial charge is 0.416 e. The quantitative estimate of drug-likeness (QED) is 0.435. The van der Waals surface area contributed by atoms with Crippen LogP contribution in [0.4, 0.5) is 26.3 Å². The molecule has 2 aliphatic carbocycles. The lowest BCUT2D eigenvalue weighted by molar-refractivity contribution is -0.143. The summed E-state index contributed by atoms with van der Waals surface area (Å²) in [6, 6.07) is 10.1. The molecule has 5 rings (SSSR count). The van der Waals surface area contributed by atoms with Crippen molar-refractivity contribution < 1.29 is 31.1 Å². The maximum Gasteiger partial charge on any atom is 0.416 e. The van der Waals surface area contributed by atoms with E-state index in [4.69, 9.17) is 0 Å². The Morgan fingerprint density at radius 1 is 1.03 bits per heavy atom. The third-order valence-corrected chi connectivity index (χ3v) is 8.63. The highest BCUT2D eigenvalue weighted by molar-refractivity contribution is 5.79. The molecule has 4 atom stereocenters. The Balaban J connectivity index is 1.19. The summed E-state index contributed by atoms with van der Waals surface area (Å²) in [6.07, 6.45) is -2.18. The number of benzene rings is 2. The normalized spacial score (nSPS) is 27.6. The number of allylic oxidation sites excluding steroid dienone is 1. The number of alkyl halides is 6. The number of fused-ring (bicyclic) bond motifs is 2. The fraction of sp³-hybridized carbons (Fsp3) is 0.483. The van der Waals surface area contributed by atoms with E-state index in [0.29, 0.717) is 30.9 Å². The monoisotopic (exact) mass is 536 g/mol. The van der Waals surface area contributed by atoms with Crippen LogP contribution in [-0.4, -0.2) is 29.9 Å². The number of piperidine rings is 1. The zero-order chi connectivity index (χ0) is 27.3. The van der Waals surface area contributed by atoms with E-state index < -0.39 is 23.5 Å². The van der Waals surface area contributed by atoms with Gasteiger partial charge in [0.2, 0.25) is 5.91 Å². The lowest BCUT2D eigenvalue weighted by Crippen LogP contribution is -2.50. The Labute approximate surface area is 217 Å². The van der Waals surface area contributed by atoms with Crippen molar-refractivity contribution in [3.8, 4) is 0 Å². The van der Waals surface area contributed by atoms with Crippen molar-refractivity contribution >= 4 is 12.0 Å². The first-order valence-electron chi connectivity index (χ1n) is 13.0. The molecule has 2 aromatic rings. The van der Waals surface area contributed by atoms with Crippen LogP contribution in [0.5, 0.6) is 0 Å². The molecule has 1 heterocycles. The van der Waals surface area contributed by atoms with Gasteiger partial charge in [-0.25, -0.2) is 0 Å². The minimum atomic E-state index is -4.92. The summed E-state index contributed by atoms with van der Waals surface area (Å²) in [4.78, 5) is 15.3. The number of nitrogens with one attached hydrogen (secondary N) is 1. The lowest BCUT2D eigenvalue weighted by Gasteiger charge is -2.46. The minimum absolute atomic E-state index is 0.0305. The summed E-state index contributed by atoms with van der Waals surface area (Å²) < 4.78 is 78.8. The average Bonchev–Trinajstić information content (AvgIpc) is 3.50. The van der Waals surface area contributed by atoms with Crippen molar-refractivity contribution in [2.75, 3.05) is 13.1 Å². The first kappa shape index (κ1) is 26.8. The second-order valence-electron chi connectivity index (χ2n) is 10.9. The average molecular weight is 537 g/mol. The molecule has 0 bridgehead atoms. The van der Waals surface area contributed by atoms with Gasteiger partial charge in [-0.15, -0.1) is 0 Å². The van der Waals surface area contributed by atoms with Gasteiger partial charge in [-0.3, -0.25) is 4.79 Å². The van der Waals surface area contributed by atoms with Crippen molar-refractivity contribution in [1.82, 2.24) is 10.2 Å². The number of rotatable bonds is 4. The number of hydrogen-bond donors (Lipinski definition) is 1. The third-order valence-electron chi connectivity index (χ3n) is 8.63. The predicted molar refractivity (Wildman–Crippen MR) is 132 cm³/mol. The van der Waals surface area contributed by atoms with E-state index in [0.717, 1.165) is 25.9 Å². The highest BCUT2D eigenvalue weighted by atomic mass is 19.4. The van der Waals surface area contributed by atoms with E-state index in [1.807, 2.05) is 6.07 Å². The van der Waals surface area contributed by atoms with Gasteiger partial charge in [0.25, 0.3) is 0 Å². The lowest BCUT2D eigenvalue weighted by atomic mass is 9.68. The summed E-state index contributed by atoms with van der Waals surface area (Å²) in [5.74, 6) is -0.244. The zero-order valence-corrected chi connectivity index (χ0v) is 21.0. The van der Waals surface area contributed by atoms with Gasteiger partial charge in [0.15, 0.2) is 0 Å². The van der Waals surface area contributed by atoms with Gasteiger partial charge in [-0.2, -0.15) is 26.3 Å². The number of carbonyl (C=O) groups excluding carboxylic acids is 1. The van der Waals surface area contributed by atoms with Crippen LogP contribution in [0, 0.1) is 11.8 Å². The molecule has 2 unspecified atom stereocenters. The Bertz CT molecular complexity index is 1200. The molecule has 1 saturated carbocycles. The molecule has 3 nitrogen and oxygen atoms in total. The molecule has 1 aliphatic heterocycles. The van der Waals surface area contributed by atoms with Gasteiger partial charge in [0.05, 0.1) is 11.1 Å². The molecule has 9 heteroatoms. The van der Waals surface area contributed by atoms with Gasteiger partial charge in [0, 0.05) is 30.5 Å². The number of amides is 1. The number of halogens is 6. The Kier molecular flexibility index (Phi) is 6.86. The molecular weight excluding hydrogens is 506 g/mol. The standard InChI is InChI=1S/C29H30F6N2O/c1-18-17-37(11-10-27(18)9-8-20-4-2-3-5-25(20)27)24-7-6-21(14-24)26(38)36-16-19-12-22(28(30,31)32)15-23(13-19)29(33,34)35/h2-5,8-9,12-13,15,18,21,24H,6-7,10-11,14,16-17H2,1H3,(H,36,38)/t18-,21?,24?,27-/m0/s1. The molecule has 3 aliphatic rings. The number of carbonyl (C=O) groups is 1. The summed E-state index contributed by atoms with van der Waals surface area (Å²) in [5.41, 5.74) is -0.311. The second kappa shape index (κ2) is 9.74. The second-order valence-corrected chi connectivity index (χ2v) is 10.9. The van der Waals surface area contributed by atoms with Gasteiger partial charge in [0.1, 0.15) is 0 Å². The molecule has 2 aromatic carbocycles. The van der Waals surface area contributed by atoms with Crippen LogP contribution in [0.1, 0.15) is 60.4 Å². The molecule has 0 aromatic heterocycles.